The van der Waals surface area contributed by atoms with Crippen molar-refractivity contribution in [3.63, 3.8) is 0 Å². The summed E-state index contributed by atoms with van der Waals surface area (Å²) in [5.74, 6) is 0. The Hall–Kier alpha value is -1.94. The van der Waals surface area contributed by atoms with Gasteiger partial charge in [0.25, 0.3) is 0 Å². The highest BCUT2D eigenvalue weighted by Gasteiger charge is 2.25. The largest absolute Gasteiger partial charge is 0.364 e. The Morgan fingerprint density at radius 2 is 1.63 bits per heavy atom. The standard InChI is InChI=1S/C24H27NOS/c1-3-9-20(10-4-1)24(21-11-5-2-6-12-21)26-22-13-7-16-25(19-22)17-15-23-14-8-18-27-23/h1-6,8-12,14,18,22,24H,7,13,15-17,19H2. The van der Waals surface area contributed by atoms with Crippen LogP contribution in [0.4, 0.5) is 0 Å². The van der Waals surface area contributed by atoms with Crippen LogP contribution in [0.5, 0.6) is 0 Å². The van der Waals surface area contributed by atoms with Crippen molar-refractivity contribution in [2.45, 2.75) is 31.5 Å². The highest BCUT2D eigenvalue weighted by Crippen LogP contribution is 2.29. The average molecular weight is 378 g/mol. The average Bonchev–Trinajstić information content (AvgIpc) is 3.26. The first-order valence-corrected chi connectivity index (χ1v) is 10.8. The molecule has 1 atom stereocenters. The Bertz CT molecular complexity index is 748. The van der Waals surface area contributed by atoms with Gasteiger partial charge in [0.05, 0.1) is 6.10 Å². The zero-order valence-corrected chi connectivity index (χ0v) is 16.5. The molecule has 0 saturated carbocycles. The third-order valence-electron chi connectivity index (χ3n) is 5.25. The van der Waals surface area contributed by atoms with Crippen LogP contribution in [0.1, 0.15) is 34.9 Å². The molecule has 27 heavy (non-hydrogen) atoms. The van der Waals surface area contributed by atoms with Crippen molar-refractivity contribution in [2.24, 2.45) is 0 Å². The second-order valence-electron chi connectivity index (χ2n) is 7.23. The Balaban J connectivity index is 1.43. The molecule has 1 fully saturated rings. The molecule has 1 saturated heterocycles. The van der Waals surface area contributed by atoms with Gasteiger partial charge in [-0.1, -0.05) is 66.7 Å². The van der Waals surface area contributed by atoms with Crippen LogP contribution in [-0.2, 0) is 11.2 Å². The maximum atomic E-state index is 6.69. The molecule has 0 bridgehead atoms. The van der Waals surface area contributed by atoms with E-state index in [1.807, 2.05) is 11.3 Å². The molecule has 3 aromatic rings. The van der Waals surface area contributed by atoms with Gasteiger partial charge in [0, 0.05) is 18.0 Å². The quantitative estimate of drug-likeness (QED) is 0.534. The summed E-state index contributed by atoms with van der Waals surface area (Å²) >= 11 is 1.86. The highest BCUT2D eigenvalue weighted by atomic mass is 32.1. The van der Waals surface area contributed by atoms with E-state index in [2.05, 4.69) is 83.1 Å². The van der Waals surface area contributed by atoms with Gasteiger partial charge in [-0.3, -0.25) is 0 Å². The van der Waals surface area contributed by atoms with Crippen LogP contribution >= 0.6 is 11.3 Å². The van der Waals surface area contributed by atoms with E-state index in [0.29, 0.717) is 0 Å². The molecule has 2 aromatic carbocycles. The van der Waals surface area contributed by atoms with E-state index in [1.165, 1.54) is 29.0 Å². The summed E-state index contributed by atoms with van der Waals surface area (Å²) in [5, 5.41) is 2.17. The SMILES string of the molecule is c1ccc(C(OC2CCCN(CCc3cccs3)C2)c2ccccc2)cc1. The molecule has 0 radical (unpaired) electrons. The van der Waals surface area contributed by atoms with Crippen LogP contribution in [0.3, 0.4) is 0 Å². The second kappa shape index (κ2) is 9.32. The molecule has 1 aliphatic heterocycles. The summed E-state index contributed by atoms with van der Waals surface area (Å²) in [5.41, 5.74) is 2.47. The van der Waals surface area contributed by atoms with E-state index in [4.69, 9.17) is 4.74 Å². The number of likely N-dealkylation sites (tertiary alicyclic amines) is 1. The van der Waals surface area contributed by atoms with Crippen molar-refractivity contribution in [3.8, 4) is 0 Å². The van der Waals surface area contributed by atoms with E-state index in [9.17, 15) is 0 Å². The summed E-state index contributed by atoms with van der Waals surface area (Å²) in [6.45, 7) is 3.34. The van der Waals surface area contributed by atoms with Crippen LogP contribution in [0.15, 0.2) is 78.2 Å². The van der Waals surface area contributed by atoms with Gasteiger partial charge in [-0.05, 0) is 48.4 Å². The molecule has 0 aliphatic carbocycles. The number of rotatable bonds is 7. The predicted octanol–water partition coefficient (Wildman–Crippen LogP) is 5.56. The van der Waals surface area contributed by atoms with Gasteiger partial charge in [0.1, 0.15) is 6.10 Å². The minimum Gasteiger partial charge on any atom is -0.364 e. The van der Waals surface area contributed by atoms with Gasteiger partial charge in [0.15, 0.2) is 0 Å². The summed E-state index contributed by atoms with van der Waals surface area (Å²) < 4.78 is 6.69. The molecule has 0 spiro atoms. The molecule has 0 amide bonds. The van der Waals surface area contributed by atoms with Crippen molar-refractivity contribution in [2.75, 3.05) is 19.6 Å². The lowest BCUT2D eigenvalue weighted by molar-refractivity contribution is -0.0330. The zero-order chi connectivity index (χ0) is 18.3. The van der Waals surface area contributed by atoms with E-state index < -0.39 is 0 Å². The lowest BCUT2D eigenvalue weighted by Crippen LogP contribution is -2.41. The zero-order valence-electron chi connectivity index (χ0n) is 15.7. The Labute approximate surface area is 166 Å². The summed E-state index contributed by atoms with van der Waals surface area (Å²) in [6, 6.07) is 25.6. The van der Waals surface area contributed by atoms with Crippen LogP contribution in [0, 0.1) is 0 Å². The van der Waals surface area contributed by atoms with Gasteiger partial charge < -0.3 is 9.64 Å². The number of thiophene rings is 1. The predicted molar refractivity (Wildman–Crippen MR) is 113 cm³/mol. The minimum absolute atomic E-state index is 0.00893. The minimum atomic E-state index is 0.00893. The number of hydrogen-bond donors (Lipinski definition) is 0. The molecule has 2 nitrogen and oxygen atoms in total. The maximum absolute atomic E-state index is 6.69. The number of piperidine rings is 1. The molecule has 0 N–H and O–H groups in total. The lowest BCUT2D eigenvalue weighted by atomic mass is 10.00. The molecule has 1 aromatic heterocycles. The highest BCUT2D eigenvalue weighted by molar-refractivity contribution is 7.09. The Morgan fingerprint density at radius 1 is 0.926 bits per heavy atom. The first-order valence-electron chi connectivity index (χ1n) is 9.88. The fraction of sp³-hybridized carbons (Fsp3) is 0.333. The van der Waals surface area contributed by atoms with Gasteiger partial charge in [-0.2, -0.15) is 0 Å². The van der Waals surface area contributed by atoms with Crippen molar-refractivity contribution in [1.82, 2.24) is 4.90 Å². The van der Waals surface area contributed by atoms with Crippen molar-refractivity contribution in [3.05, 3.63) is 94.2 Å². The van der Waals surface area contributed by atoms with E-state index in [1.54, 1.807) is 0 Å². The maximum Gasteiger partial charge on any atom is 0.108 e. The van der Waals surface area contributed by atoms with Crippen molar-refractivity contribution < 1.29 is 4.74 Å². The Kier molecular flexibility index (Phi) is 6.36. The third-order valence-corrected chi connectivity index (χ3v) is 6.19. The molecule has 1 unspecified atom stereocenters. The number of benzene rings is 2. The van der Waals surface area contributed by atoms with E-state index >= 15 is 0 Å². The third kappa shape index (κ3) is 5.07. The number of ether oxygens (including phenoxy) is 1. The first kappa shape index (κ1) is 18.4. The molecular formula is C24H27NOS. The second-order valence-corrected chi connectivity index (χ2v) is 8.26. The molecule has 2 heterocycles. The fourth-order valence-corrected chi connectivity index (χ4v) is 4.55. The molecule has 3 heteroatoms. The van der Waals surface area contributed by atoms with Gasteiger partial charge in [-0.15, -0.1) is 11.3 Å². The topological polar surface area (TPSA) is 12.5 Å². The normalized spacial score (nSPS) is 18.0. The smallest absolute Gasteiger partial charge is 0.108 e. The summed E-state index contributed by atoms with van der Waals surface area (Å²) in [7, 11) is 0. The van der Waals surface area contributed by atoms with Gasteiger partial charge in [0.2, 0.25) is 0 Å². The monoisotopic (exact) mass is 377 g/mol. The summed E-state index contributed by atoms with van der Waals surface area (Å²) in [4.78, 5) is 4.05. The molecule has 1 aliphatic rings. The summed E-state index contributed by atoms with van der Waals surface area (Å²) in [6.07, 6.45) is 3.80. The van der Waals surface area contributed by atoms with Gasteiger partial charge >= 0.3 is 0 Å². The van der Waals surface area contributed by atoms with Gasteiger partial charge in [-0.25, -0.2) is 0 Å². The number of hydrogen-bond acceptors (Lipinski definition) is 3. The van der Waals surface area contributed by atoms with Crippen molar-refractivity contribution in [1.29, 1.82) is 0 Å². The molecule has 140 valence electrons. The Morgan fingerprint density at radius 3 is 2.26 bits per heavy atom. The van der Waals surface area contributed by atoms with E-state index in [-0.39, 0.29) is 12.2 Å². The lowest BCUT2D eigenvalue weighted by Gasteiger charge is -2.35. The molecule has 4 rings (SSSR count). The van der Waals surface area contributed by atoms with Crippen LogP contribution in [0.2, 0.25) is 0 Å². The fourth-order valence-electron chi connectivity index (χ4n) is 3.85. The molecular weight excluding hydrogens is 350 g/mol. The number of nitrogens with zero attached hydrogens (tertiary/aromatic N) is 1. The first-order chi connectivity index (χ1) is 13.4. The van der Waals surface area contributed by atoms with Crippen LogP contribution in [-0.4, -0.2) is 30.6 Å². The van der Waals surface area contributed by atoms with Crippen LogP contribution < -0.4 is 0 Å². The van der Waals surface area contributed by atoms with Crippen LogP contribution in [0.25, 0.3) is 0 Å². The van der Waals surface area contributed by atoms with E-state index in [0.717, 1.165) is 25.9 Å². The van der Waals surface area contributed by atoms with Crippen molar-refractivity contribution >= 4 is 11.3 Å².